The average Bonchev–Trinajstić information content (AvgIpc) is 3.24. The number of methoxy groups -OCH3 is 2. The molecule has 30 heavy (non-hydrogen) atoms. The van der Waals surface area contributed by atoms with Crippen LogP contribution in [0.2, 0.25) is 0 Å². The number of nitrogens with zero attached hydrogens (tertiary/aromatic N) is 1. The number of aromatic amines is 1. The van der Waals surface area contributed by atoms with Crippen LogP contribution in [0.25, 0.3) is 10.9 Å². The molecule has 2 aromatic carbocycles. The first-order chi connectivity index (χ1) is 14.5. The summed E-state index contributed by atoms with van der Waals surface area (Å²) < 4.78 is 10.7. The van der Waals surface area contributed by atoms with E-state index in [-0.39, 0.29) is 40.7 Å². The Kier molecular flexibility index (Phi) is 4.20. The number of phenolic OH excluding ortho intramolecular Hbond substituents is 1. The van der Waals surface area contributed by atoms with Crippen LogP contribution in [-0.2, 0) is 0 Å². The molecule has 3 aromatic rings. The smallest absolute Gasteiger partial charge is 0.255 e. The molecule has 2 atom stereocenters. The minimum Gasteiger partial charge on any atom is -0.502 e. The number of nitrogens with one attached hydrogen (secondary N) is 1. The van der Waals surface area contributed by atoms with Gasteiger partial charge in [-0.25, -0.2) is 0 Å². The molecule has 0 radical (unpaired) electrons. The van der Waals surface area contributed by atoms with E-state index in [0.29, 0.717) is 23.2 Å². The molecule has 154 valence electrons. The highest BCUT2D eigenvalue weighted by atomic mass is 16.5. The lowest BCUT2D eigenvalue weighted by Crippen LogP contribution is -2.47. The molecule has 3 heterocycles. The largest absolute Gasteiger partial charge is 0.502 e. The van der Waals surface area contributed by atoms with E-state index in [1.807, 2.05) is 29.2 Å². The summed E-state index contributed by atoms with van der Waals surface area (Å²) in [6.07, 6.45) is 1.68. The van der Waals surface area contributed by atoms with Crippen LogP contribution in [0.15, 0.2) is 41.2 Å². The van der Waals surface area contributed by atoms with Gasteiger partial charge in [-0.1, -0.05) is 18.2 Å². The van der Waals surface area contributed by atoms with Crippen molar-refractivity contribution in [3.8, 4) is 17.2 Å². The average molecular weight is 406 g/mol. The molecule has 0 spiro atoms. The molecule has 2 N–H and O–H groups in total. The molecule has 2 unspecified atom stereocenters. The van der Waals surface area contributed by atoms with E-state index >= 15 is 0 Å². The Morgan fingerprint density at radius 2 is 1.80 bits per heavy atom. The Hall–Kier alpha value is -3.48. The number of hydrogen-bond donors (Lipinski definition) is 2. The predicted octanol–water partition coefficient (Wildman–Crippen LogP) is 3.00. The van der Waals surface area contributed by atoms with Crippen molar-refractivity contribution in [3.05, 3.63) is 63.4 Å². The molecule has 0 saturated carbocycles. The number of ether oxygens (including phenoxy) is 2. The van der Waals surface area contributed by atoms with Crippen LogP contribution in [0.1, 0.15) is 40.2 Å². The molecule has 1 aromatic heterocycles. The van der Waals surface area contributed by atoms with E-state index in [9.17, 15) is 14.7 Å². The van der Waals surface area contributed by atoms with Crippen molar-refractivity contribution < 1.29 is 19.4 Å². The first kappa shape index (κ1) is 18.5. The summed E-state index contributed by atoms with van der Waals surface area (Å²) in [5, 5.41) is 11.1. The SMILES string of the molecule is COc1cc(C2c3c(c4ccccc4[nH]c3=O)C(=O)N3CCCC23)cc(OC)c1O. The van der Waals surface area contributed by atoms with Gasteiger partial charge in [-0.3, -0.25) is 9.59 Å². The Morgan fingerprint density at radius 1 is 1.10 bits per heavy atom. The highest BCUT2D eigenvalue weighted by molar-refractivity contribution is 6.08. The number of H-pyrrole nitrogens is 1. The van der Waals surface area contributed by atoms with Gasteiger partial charge in [0.05, 0.1) is 19.8 Å². The molecule has 7 nitrogen and oxygen atoms in total. The lowest BCUT2D eigenvalue weighted by atomic mass is 9.78. The highest BCUT2D eigenvalue weighted by Gasteiger charge is 2.45. The molecule has 1 fully saturated rings. The fourth-order valence-electron chi connectivity index (χ4n) is 4.99. The number of carbonyl (C=O) groups excluding carboxylic acids is 1. The number of hydrogen-bond acceptors (Lipinski definition) is 5. The van der Waals surface area contributed by atoms with E-state index in [2.05, 4.69) is 4.98 Å². The van der Waals surface area contributed by atoms with Crippen LogP contribution in [0.5, 0.6) is 17.2 Å². The Balaban J connectivity index is 1.84. The molecular formula is C23H22N2O5. The van der Waals surface area contributed by atoms with Gasteiger partial charge in [-0.05, 0) is 36.6 Å². The van der Waals surface area contributed by atoms with Crippen LogP contribution in [0.3, 0.4) is 0 Å². The van der Waals surface area contributed by atoms with Gasteiger partial charge in [-0.2, -0.15) is 0 Å². The zero-order valence-corrected chi connectivity index (χ0v) is 16.8. The first-order valence-corrected chi connectivity index (χ1v) is 9.96. The molecule has 1 amide bonds. The van der Waals surface area contributed by atoms with Crippen LogP contribution in [-0.4, -0.2) is 47.7 Å². The maximum absolute atomic E-state index is 13.4. The van der Waals surface area contributed by atoms with Gasteiger partial charge in [0.2, 0.25) is 5.75 Å². The summed E-state index contributed by atoms with van der Waals surface area (Å²) in [5.41, 5.74) is 2.08. The van der Waals surface area contributed by atoms with Gasteiger partial charge in [0.25, 0.3) is 11.5 Å². The first-order valence-electron chi connectivity index (χ1n) is 9.96. The second-order valence-corrected chi connectivity index (χ2v) is 7.75. The van der Waals surface area contributed by atoms with Crippen molar-refractivity contribution in [2.75, 3.05) is 20.8 Å². The molecule has 1 saturated heterocycles. The van der Waals surface area contributed by atoms with Gasteiger partial charge in [0.1, 0.15) is 0 Å². The van der Waals surface area contributed by atoms with E-state index in [1.54, 1.807) is 12.1 Å². The number of rotatable bonds is 3. The van der Waals surface area contributed by atoms with E-state index in [4.69, 9.17) is 9.47 Å². The molecule has 2 aliphatic heterocycles. The van der Waals surface area contributed by atoms with Crippen LogP contribution in [0, 0.1) is 0 Å². The third-order valence-corrected chi connectivity index (χ3v) is 6.29. The monoisotopic (exact) mass is 406 g/mol. The van der Waals surface area contributed by atoms with E-state index < -0.39 is 0 Å². The minimum absolute atomic E-state index is 0.0911. The molecule has 7 heteroatoms. The number of para-hydroxylation sites is 1. The van der Waals surface area contributed by atoms with Gasteiger partial charge in [0.15, 0.2) is 11.5 Å². The third-order valence-electron chi connectivity index (χ3n) is 6.29. The van der Waals surface area contributed by atoms with E-state index in [1.165, 1.54) is 14.2 Å². The fourth-order valence-corrected chi connectivity index (χ4v) is 4.99. The van der Waals surface area contributed by atoms with Crippen LogP contribution < -0.4 is 15.0 Å². The van der Waals surface area contributed by atoms with Crippen molar-refractivity contribution in [2.45, 2.75) is 24.8 Å². The predicted molar refractivity (Wildman–Crippen MR) is 112 cm³/mol. The maximum atomic E-state index is 13.4. The highest BCUT2D eigenvalue weighted by Crippen LogP contribution is 2.46. The quantitative estimate of drug-likeness (QED) is 0.698. The molecule has 0 bridgehead atoms. The number of pyridine rings is 1. The van der Waals surface area contributed by atoms with Crippen LogP contribution in [0.4, 0.5) is 0 Å². The normalized spacial score (nSPS) is 20.2. The number of benzene rings is 2. The van der Waals surface area contributed by atoms with Crippen molar-refractivity contribution in [1.82, 2.24) is 9.88 Å². The van der Waals surface area contributed by atoms with E-state index in [0.717, 1.165) is 23.8 Å². The topological polar surface area (TPSA) is 91.9 Å². The van der Waals surface area contributed by atoms with Crippen LogP contribution >= 0.6 is 0 Å². The lowest BCUT2D eigenvalue weighted by Gasteiger charge is -2.38. The van der Waals surface area contributed by atoms with Crippen molar-refractivity contribution in [1.29, 1.82) is 0 Å². The zero-order chi connectivity index (χ0) is 21.0. The summed E-state index contributed by atoms with van der Waals surface area (Å²) in [5.74, 6) is 0.00130. The Labute approximate surface area is 172 Å². The third kappa shape index (κ3) is 2.51. The minimum atomic E-state index is -0.350. The Morgan fingerprint density at radius 3 is 2.50 bits per heavy atom. The number of aromatic nitrogens is 1. The summed E-state index contributed by atoms with van der Waals surface area (Å²) in [7, 11) is 2.94. The molecule has 0 aliphatic carbocycles. The standard InChI is InChI=1S/C23H22N2O5/c1-29-16-10-12(11-17(30-2)21(16)26)18-15-8-5-9-25(15)23(28)19-13-6-3-4-7-14(13)24-22(27)20(18)19/h3-4,6-7,10-11,15,18,26H,5,8-9H2,1-2H3,(H,24,27). The second kappa shape index (κ2) is 6.79. The number of phenols is 1. The number of aromatic hydroxyl groups is 1. The van der Waals surface area contributed by atoms with Gasteiger partial charge >= 0.3 is 0 Å². The summed E-state index contributed by atoms with van der Waals surface area (Å²) in [6, 6.07) is 10.7. The Bertz CT molecular complexity index is 1210. The van der Waals surface area contributed by atoms with Crippen molar-refractivity contribution in [2.24, 2.45) is 0 Å². The second-order valence-electron chi connectivity index (χ2n) is 7.75. The lowest BCUT2D eigenvalue weighted by molar-refractivity contribution is 0.0700. The number of carbonyl (C=O) groups is 1. The summed E-state index contributed by atoms with van der Waals surface area (Å²) in [4.78, 5) is 31.5. The number of fused-ring (bicyclic) bond motifs is 4. The zero-order valence-electron chi connectivity index (χ0n) is 16.8. The summed E-state index contributed by atoms with van der Waals surface area (Å²) >= 11 is 0. The fraction of sp³-hybridized carbons (Fsp3) is 0.304. The van der Waals surface area contributed by atoms with Crippen molar-refractivity contribution >= 4 is 16.8 Å². The molecule has 5 rings (SSSR count). The molecular weight excluding hydrogens is 384 g/mol. The van der Waals surface area contributed by atoms with Crippen molar-refractivity contribution in [3.63, 3.8) is 0 Å². The maximum Gasteiger partial charge on any atom is 0.255 e. The number of amides is 1. The van der Waals surface area contributed by atoms with Gasteiger partial charge in [-0.15, -0.1) is 0 Å². The molecule has 2 aliphatic rings. The van der Waals surface area contributed by atoms with Gasteiger partial charge in [0, 0.05) is 35.0 Å². The summed E-state index contributed by atoms with van der Waals surface area (Å²) in [6.45, 7) is 0.660. The van der Waals surface area contributed by atoms with Gasteiger partial charge < -0.3 is 24.5 Å².